The van der Waals surface area contributed by atoms with Gasteiger partial charge in [-0.2, -0.15) is 0 Å². The normalized spacial score (nSPS) is 12.9. The summed E-state index contributed by atoms with van der Waals surface area (Å²) in [5.41, 5.74) is 8.77. The highest BCUT2D eigenvalue weighted by molar-refractivity contribution is 5.48. The van der Waals surface area contributed by atoms with Crippen molar-refractivity contribution in [3.63, 3.8) is 0 Å². The number of benzene rings is 1. The molecule has 2 heteroatoms. The molecular weight excluding hydrogens is 210 g/mol. The van der Waals surface area contributed by atoms with Crippen LogP contribution < -0.4 is 5.73 Å². The van der Waals surface area contributed by atoms with Gasteiger partial charge in [-0.3, -0.25) is 0 Å². The predicted octanol–water partition coefficient (Wildman–Crippen LogP) is 3.28. The standard InChI is InChI=1S/C15H25NO/c1-10-7-8-12(14(2,3)4)13(17)11(10)9-15(5,6)16/h7-8,17H,9,16H2,1-6H3. The zero-order valence-corrected chi connectivity index (χ0v) is 11.9. The summed E-state index contributed by atoms with van der Waals surface area (Å²) in [5, 5.41) is 10.4. The number of rotatable bonds is 2. The Morgan fingerprint density at radius 2 is 1.65 bits per heavy atom. The van der Waals surface area contributed by atoms with Crippen molar-refractivity contribution < 1.29 is 5.11 Å². The Morgan fingerprint density at radius 3 is 2.06 bits per heavy atom. The number of nitrogens with two attached hydrogens (primary N) is 1. The lowest BCUT2D eigenvalue weighted by molar-refractivity contribution is 0.427. The van der Waals surface area contributed by atoms with E-state index >= 15 is 0 Å². The molecule has 0 aromatic heterocycles. The van der Waals surface area contributed by atoms with Gasteiger partial charge >= 0.3 is 0 Å². The number of hydrogen-bond donors (Lipinski definition) is 2. The molecule has 1 aromatic rings. The van der Waals surface area contributed by atoms with Crippen LogP contribution in [0, 0.1) is 6.92 Å². The molecule has 1 rings (SSSR count). The van der Waals surface area contributed by atoms with Crippen molar-refractivity contribution in [2.24, 2.45) is 5.73 Å². The lowest BCUT2D eigenvalue weighted by atomic mass is 9.82. The van der Waals surface area contributed by atoms with E-state index in [4.69, 9.17) is 5.73 Å². The van der Waals surface area contributed by atoms with Crippen LogP contribution in [0.4, 0.5) is 0 Å². The molecule has 0 spiro atoms. The van der Waals surface area contributed by atoms with E-state index in [0.29, 0.717) is 12.2 Å². The van der Waals surface area contributed by atoms with Gasteiger partial charge in [0.25, 0.3) is 0 Å². The van der Waals surface area contributed by atoms with Gasteiger partial charge in [0, 0.05) is 5.54 Å². The average Bonchev–Trinajstić information content (AvgIpc) is 2.08. The summed E-state index contributed by atoms with van der Waals surface area (Å²) in [5.74, 6) is 0.413. The summed E-state index contributed by atoms with van der Waals surface area (Å²) >= 11 is 0. The third-order valence-corrected chi connectivity index (χ3v) is 2.96. The number of phenols is 1. The van der Waals surface area contributed by atoms with Crippen LogP contribution in [0.3, 0.4) is 0 Å². The molecule has 0 fully saturated rings. The summed E-state index contributed by atoms with van der Waals surface area (Å²) in [7, 11) is 0. The van der Waals surface area contributed by atoms with E-state index in [9.17, 15) is 5.11 Å². The van der Waals surface area contributed by atoms with E-state index in [1.807, 2.05) is 26.8 Å². The second-order valence-electron chi connectivity index (χ2n) is 6.67. The van der Waals surface area contributed by atoms with Crippen LogP contribution >= 0.6 is 0 Å². The molecule has 0 aliphatic rings. The Kier molecular flexibility index (Phi) is 3.58. The summed E-state index contributed by atoms with van der Waals surface area (Å²) in [6, 6.07) is 4.08. The molecule has 0 heterocycles. The molecule has 17 heavy (non-hydrogen) atoms. The Hall–Kier alpha value is -1.02. The summed E-state index contributed by atoms with van der Waals surface area (Å²) in [4.78, 5) is 0. The van der Waals surface area contributed by atoms with Crippen molar-refractivity contribution >= 4 is 0 Å². The first-order valence-electron chi connectivity index (χ1n) is 6.13. The predicted molar refractivity (Wildman–Crippen MR) is 73.5 cm³/mol. The maximum absolute atomic E-state index is 10.4. The van der Waals surface area contributed by atoms with Crippen LogP contribution in [0.2, 0.25) is 0 Å². The van der Waals surface area contributed by atoms with Gasteiger partial charge in [-0.25, -0.2) is 0 Å². The highest BCUT2D eigenvalue weighted by Gasteiger charge is 2.23. The van der Waals surface area contributed by atoms with Crippen LogP contribution in [0.25, 0.3) is 0 Å². The molecule has 0 atom stereocenters. The Labute approximate surface area is 105 Å². The Morgan fingerprint density at radius 1 is 1.12 bits per heavy atom. The van der Waals surface area contributed by atoms with E-state index in [-0.39, 0.29) is 11.0 Å². The average molecular weight is 235 g/mol. The van der Waals surface area contributed by atoms with Gasteiger partial charge in [-0.15, -0.1) is 0 Å². The number of phenolic OH excluding ortho intramolecular Hbond substituents is 1. The minimum Gasteiger partial charge on any atom is -0.507 e. The monoisotopic (exact) mass is 235 g/mol. The van der Waals surface area contributed by atoms with E-state index in [2.05, 4.69) is 26.8 Å². The zero-order chi connectivity index (χ0) is 13.4. The van der Waals surface area contributed by atoms with Gasteiger partial charge in [-0.05, 0) is 49.3 Å². The second kappa shape index (κ2) is 4.34. The Balaban J connectivity index is 3.31. The quantitative estimate of drug-likeness (QED) is 0.826. The van der Waals surface area contributed by atoms with Gasteiger partial charge in [0.2, 0.25) is 0 Å². The molecule has 0 bridgehead atoms. The molecule has 0 saturated heterocycles. The number of aryl methyl sites for hydroxylation is 1. The van der Waals surface area contributed by atoms with Crippen molar-refractivity contribution in [3.05, 3.63) is 28.8 Å². The van der Waals surface area contributed by atoms with Gasteiger partial charge in [0.15, 0.2) is 0 Å². The van der Waals surface area contributed by atoms with Crippen LogP contribution in [-0.4, -0.2) is 10.6 Å². The van der Waals surface area contributed by atoms with Gasteiger partial charge in [-0.1, -0.05) is 32.9 Å². The maximum atomic E-state index is 10.4. The molecule has 2 nitrogen and oxygen atoms in total. The zero-order valence-electron chi connectivity index (χ0n) is 11.9. The molecule has 1 aromatic carbocycles. The Bertz CT molecular complexity index is 408. The number of aromatic hydroxyl groups is 1. The third-order valence-electron chi connectivity index (χ3n) is 2.96. The molecule has 0 unspecified atom stereocenters. The minimum absolute atomic E-state index is 0.0503. The fourth-order valence-corrected chi connectivity index (χ4v) is 2.02. The molecule has 0 aliphatic heterocycles. The van der Waals surface area contributed by atoms with E-state index in [1.54, 1.807) is 0 Å². The second-order valence-corrected chi connectivity index (χ2v) is 6.67. The van der Waals surface area contributed by atoms with Crippen molar-refractivity contribution in [2.75, 3.05) is 0 Å². The van der Waals surface area contributed by atoms with Gasteiger partial charge in [0.05, 0.1) is 0 Å². The third kappa shape index (κ3) is 3.47. The summed E-state index contributed by atoms with van der Waals surface area (Å²) in [6.07, 6.45) is 0.689. The molecule has 0 aliphatic carbocycles. The SMILES string of the molecule is Cc1ccc(C(C)(C)C)c(O)c1CC(C)(C)N. The number of hydrogen-bond acceptors (Lipinski definition) is 2. The fourth-order valence-electron chi connectivity index (χ4n) is 2.02. The van der Waals surface area contributed by atoms with Crippen LogP contribution in [0.5, 0.6) is 5.75 Å². The van der Waals surface area contributed by atoms with Crippen LogP contribution in [-0.2, 0) is 11.8 Å². The lowest BCUT2D eigenvalue weighted by Gasteiger charge is -2.26. The first-order chi connectivity index (χ1) is 7.52. The fraction of sp³-hybridized carbons (Fsp3) is 0.600. The van der Waals surface area contributed by atoms with Crippen LogP contribution in [0.15, 0.2) is 12.1 Å². The smallest absolute Gasteiger partial charge is 0.122 e. The van der Waals surface area contributed by atoms with Gasteiger partial charge in [0.1, 0.15) is 5.75 Å². The van der Waals surface area contributed by atoms with E-state index < -0.39 is 0 Å². The molecule has 3 N–H and O–H groups in total. The lowest BCUT2D eigenvalue weighted by Crippen LogP contribution is -2.34. The van der Waals surface area contributed by atoms with E-state index in [1.165, 1.54) is 0 Å². The first-order valence-corrected chi connectivity index (χ1v) is 6.13. The van der Waals surface area contributed by atoms with Crippen molar-refractivity contribution in [1.82, 2.24) is 0 Å². The van der Waals surface area contributed by atoms with Gasteiger partial charge < -0.3 is 10.8 Å². The molecule has 0 amide bonds. The minimum atomic E-state index is -0.307. The molecule has 0 saturated carbocycles. The molecule has 0 radical (unpaired) electrons. The highest BCUT2D eigenvalue weighted by Crippen LogP contribution is 2.36. The first kappa shape index (κ1) is 14.0. The summed E-state index contributed by atoms with van der Waals surface area (Å²) < 4.78 is 0. The van der Waals surface area contributed by atoms with E-state index in [0.717, 1.165) is 16.7 Å². The topological polar surface area (TPSA) is 46.2 Å². The molecule has 96 valence electrons. The largest absolute Gasteiger partial charge is 0.507 e. The molecular formula is C15H25NO. The maximum Gasteiger partial charge on any atom is 0.122 e. The summed E-state index contributed by atoms with van der Waals surface area (Å²) in [6.45, 7) is 12.3. The van der Waals surface area contributed by atoms with Crippen molar-refractivity contribution in [2.45, 2.75) is 58.9 Å². The van der Waals surface area contributed by atoms with Crippen molar-refractivity contribution in [3.8, 4) is 5.75 Å². The van der Waals surface area contributed by atoms with Crippen molar-refractivity contribution in [1.29, 1.82) is 0 Å². The van der Waals surface area contributed by atoms with Crippen LogP contribution in [0.1, 0.15) is 51.3 Å². The highest BCUT2D eigenvalue weighted by atomic mass is 16.3.